The van der Waals surface area contributed by atoms with Crippen molar-refractivity contribution in [2.24, 2.45) is 11.1 Å². The molecular weight excluding hydrogens is 250 g/mol. The van der Waals surface area contributed by atoms with Crippen molar-refractivity contribution < 1.29 is 19.5 Å². The molecule has 0 radical (unpaired) electrons. The molecule has 0 aromatic heterocycles. The average molecular weight is 273 g/mol. The average Bonchev–Trinajstić information content (AvgIpc) is 2.21. The Hall–Kier alpha value is -1.79. The van der Waals surface area contributed by atoms with E-state index in [-0.39, 0.29) is 18.3 Å². The normalized spacial score (nSPS) is 12.6. The summed E-state index contributed by atoms with van der Waals surface area (Å²) in [6.07, 6.45) is 0.677. The molecule has 7 nitrogen and oxygen atoms in total. The predicted octanol–water partition coefficient (Wildman–Crippen LogP) is 0.441. The van der Waals surface area contributed by atoms with Gasteiger partial charge in [-0.2, -0.15) is 0 Å². The summed E-state index contributed by atoms with van der Waals surface area (Å²) in [5, 5.41) is 13.8. The van der Waals surface area contributed by atoms with Gasteiger partial charge in [-0.25, -0.2) is 9.59 Å². The first-order chi connectivity index (χ1) is 8.61. The van der Waals surface area contributed by atoms with Gasteiger partial charge in [-0.15, -0.1) is 0 Å². The van der Waals surface area contributed by atoms with Crippen LogP contribution < -0.4 is 16.4 Å². The minimum absolute atomic E-state index is 0.0165. The number of nitrogens with one attached hydrogen (secondary N) is 2. The molecule has 0 aliphatic carbocycles. The molecule has 1 unspecified atom stereocenters. The maximum atomic E-state index is 11.5. The minimum atomic E-state index is -1.19. The molecule has 0 aliphatic rings. The molecule has 0 fully saturated rings. The lowest BCUT2D eigenvalue weighted by atomic mass is 9.92. The summed E-state index contributed by atoms with van der Waals surface area (Å²) in [5.41, 5.74) is 5.03. The number of carboxylic acid groups (broad SMARTS) is 1. The molecule has 0 aromatic carbocycles. The molecule has 0 rings (SSSR count). The monoisotopic (exact) mass is 273 g/mol. The predicted molar refractivity (Wildman–Crippen MR) is 70.5 cm³/mol. The second-order valence-corrected chi connectivity index (χ2v) is 5.61. The Balaban J connectivity index is 4.10. The minimum Gasteiger partial charge on any atom is -0.480 e. The third kappa shape index (κ3) is 9.87. The zero-order valence-corrected chi connectivity index (χ0v) is 11.7. The Morgan fingerprint density at radius 2 is 1.84 bits per heavy atom. The highest BCUT2D eigenvalue weighted by Gasteiger charge is 2.20. The molecule has 5 N–H and O–H groups in total. The lowest BCUT2D eigenvalue weighted by Gasteiger charge is -2.19. The van der Waals surface area contributed by atoms with Crippen LogP contribution in [-0.2, 0) is 9.59 Å². The summed E-state index contributed by atoms with van der Waals surface area (Å²) in [6, 6.07) is -1.66. The van der Waals surface area contributed by atoms with Gasteiger partial charge in [-0.1, -0.05) is 20.8 Å². The number of hydrogen-bond donors (Lipinski definition) is 4. The van der Waals surface area contributed by atoms with Gasteiger partial charge in [0.05, 0.1) is 0 Å². The van der Waals surface area contributed by atoms with Crippen molar-refractivity contribution in [3.63, 3.8) is 0 Å². The van der Waals surface area contributed by atoms with Crippen LogP contribution in [0.3, 0.4) is 0 Å². The van der Waals surface area contributed by atoms with E-state index in [2.05, 4.69) is 10.6 Å². The molecular formula is C12H23N3O4. The topological polar surface area (TPSA) is 122 Å². The van der Waals surface area contributed by atoms with Crippen LogP contribution in [0.1, 0.15) is 40.0 Å². The molecule has 3 amide bonds. The zero-order chi connectivity index (χ0) is 15.1. The zero-order valence-electron chi connectivity index (χ0n) is 11.7. The van der Waals surface area contributed by atoms with E-state index in [1.165, 1.54) is 0 Å². The summed E-state index contributed by atoms with van der Waals surface area (Å²) < 4.78 is 0. The molecule has 0 bridgehead atoms. The second kappa shape index (κ2) is 7.60. The Bertz CT molecular complexity index is 336. The van der Waals surface area contributed by atoms with Gasteiger partial charge in [-0.05, 0) is 18.3 Å². The molecule has 0 heterocycles. The lowest BCUT2D eigenvalue weighted by Crippen LogP contribution is -2.46. The summed E-state index contributed by atoms with van der Waals surface area (Å²) in [6.45, 7) is 6.58. The van der Waals surface area contributed by atoms with E-state index >= 15 is 0 Å². The second-order valence-electron chi connectivity index (χ2n) is 5.61. The molecule has 0 saturated carbocycles. The number of hydrogen-bond acceptors (Lipinski definition) is 3. The fourth-order valence-corrected chi connectivity index (χ4v) is 1.30. The first-order valence-electron chi connectivity index (χ1n) is 6.17. The van der Waals surface area contributed by atoms with Gasteiger partial charge >= 0.3 is 12.0 Å². The van der Waals surface area contributed by atoms with E-state index in [4.69, 9.17) is 10.8 Å². The summed E-state index contributed by atoms with van der Waals surface area (Å²) in [5.74, 6) is -1.78. The van der Waals surface area contributed by atoms with Crippen LogP contribution in [-0.4, -0.2) is 35.6 Å². The third-order valence-corrected chi connectivity index (χ3v) is 2.44. The molecule has 0 aliphatic heterocycles. The number of carbonyl (C=O) groups excluding carboxylic acids is 2. The van der Waals surface area contributed by atoms with Crippen LogP contribution in [0.5, 0.6) is 0 Å². The smallest absolute Gasteiger partial charge is 0.326 e. The van der Waals surface area contributed by atoms with Crippen molar-refractivity contribution in [1.82, 2.24) is 10.6 Å². The lowest BCUT2D eigenvalue weighted by molar-refractivity contribution is -0.139. The highest BCUT2D eigenvalue weighted by atomic mass is 16.4. The molecule has 1 atom stereocenters. The van der Waals surface area contributed by atoms with Crippen molar-refractivity contribution >= 4 is 17.9 Å². The van der Waals surface area contributed by atoms with Crippen molar-refractivity contribution in [2.75, 3.05) is 6.54 Å². The van der Waals surface area contributed by atoms with Crippen molar-refractivity contribution in [3.05, 3.63) is 0 Å². The maximum absolute atomic E-state index is 11.5. The van der Waals surface area contributed by atoms with E-state index < -0.39 is 23.9 Å². The summed E-state index contributed by atoms with van der Waals surface area (Å²) in [4.78, 5) is 33.0. The number of primary amides is 1. The molecule has 7 heteroatoms. The van der Waals surface area contributed by atoms with Crippen molar-refractivity contribution in [3.8, 4) is 0 Å². The van der Waals surface area contributed by atoms with Crippen molar-refractivity contribution in [1.29, 1.82) is 0 Å². The number of aliphatic carboxylic acids is 1. The van der Waals surface area contributed by atoms with Crippen LogP contribution in [0.2, 0.25) is 0 Å². The largest absolute Gasteiger partial charge is 0.480 e. The number of carbonyl (C=O) groups is 3. The first-order valence-corrected chi connectivity index (χ1v) is 6.17. The van der Waals surface area contributed by atoms with Crippen LogP contribution in [0.25, 0.3) is 0 Å². The quantitative estimate of drug-likeness (QED) is 0.537. The van der Waals surface area contributed by atoms with Gasteiger partial charge in [-0.3, -0.25) is 4.79 Å². The van der Waals surface area contributed by atoms with Gasteiger partial charge in [0, 0.05) is 13.0 Å². The van der Waals surface area contributed by atoms with Crippen LogP contribution in [0.4, 0.5) is 4.79 Å². The van der Waals surface area contributed by atoms with E-state index in [0.717, 1.165) is 6.42 Å². The van der Waals surface area contributed by atoms with Gasteiger partial charge in [0.25, 0.3) is 0 Å². The number of amides is 3. The van der Waals surface area contributed by atoms with Gasteiger partial charge in [0.1, 0.15) is 6.04 Å². The highest BCUT2D eigenvalue weighted by molar-refractivity contribution is 5.83. The number of rotatable bonds is 7. The summed E-state index contributed by atoms with van der Waals surface area (Å²) in [7, 11) is 0. The fraction of sp³-hybridized carbons (Fsp3) is 0.750. The molecule has 19 heavy (non-hydrogen) atoms. The Morgan fingerprint density at radius 1 is 1.26 bits per heavy atom. The Morgan fingerprint density at radius 3 is 2.26 bits per heavy atom. The van der Waals surface area contributed by atoms with Crippen LogP contribution in [0.15, 0.2) is 0 Å². The maximum Gasteiger partial charge on any atom is 0.326 e. The van der Waals surface area contributed by atoms with Gasteiger partial charge in [0.2, 0.25) is 5.91 Å². The van der Waals surface area contributed by atoms with E-state index in [1.54, 1.807) is 0 Å². The molecule has 0 spiro atoms. The first kappa shape index (κ1) is 17.2. The van der Waals surface area contributed by atoms with E-state index in [0.29, 0.717) is 6.54 Å². The van der Waals surface area contributed by atoms with Crippen LogP contribution >= 0.6 is 0 Å². The highest BCUT2D eigenvalue weighted by Crippen LogP contribution is 2.16. The molecule has 0 saturated heterocycles. The third-order valence-electron chi connectivity index (χ3n) is 2.44. The molecule has 0 aromatic rings. The van der Waals surface area contributed by atoms with Crippen LogP contribution in [0, 0.1) is 5.41 Å². The number of nitrogens with two attached hydrogens (primary N) is 1. The Kier molecular flexibility index (Phi) is 6.89. The van der Waals surface area contributed by atoms with Gasteiger partial charge in [0.15, 0.2) is 0 Å². The number of urea groups is 1. The number of carboxylic acids is 1. The van der Waals surface area contributed by atoms with Gasteiger partial charge < -0.3 is 21.5 Å². The van der Waals surface area contributed by atoms with Crippen molar-refractivity contribution in [2.45, 2.75) is 46.1 Å². The standard InChI is InChI=1S/C12H23N3O4/c1-12(2,3)6-7-14-11(19)15-8(10(17)18)4-5-9(13)16/h8H,4-7H2,1-3H3,(H2,13,16)(H,17,18)(H2,14,15,19). The summed E-state index contributed by atoms with van der Waals surface area (Å²) >= 11 is 0. The molecule has 110 valence electrons. The Labute approximate surface area is 112 Å². The fourth-order valence-electron chi connectivity index (χ4n) is 1.30. The van der Waals surface area contributed by atoms with E-state index in [1.807, 2.05) is 20.8 Å². The van der Waals surface area contributed by atoms with E-state index in [9.17, 15) is 14.4 Å². The SMILES string of the molecule is CC(C)(C)CCNC(=O)NC(CCC(N)=O)C(=O)O.